The van der Waals surface area contributed by atoms with Crippen molar-refractivity contribution in [1.29, 1.82) is 0 Å². The van der Waals surface area contributed by atoms with Crippen molar-refractivity contribution >= 4 is 28.9 Å². The lowest BCUT2D eigenvalue weighted by molar-refractivity contribution is 1.10. The monoisotopic (exact) mass is 198 g/mol. The van der Waals surface area contributed by atoms with E-state index in [0.717, 1.165) is 5.82 Å². The minimum atomic E-state index is 1.11. The Morgan fingerprint density at radius 1 is 1.50 bits per heavy atom. The van der Waals surface area contributed by atoms with Gasteiger partial charge in [-0.15, -0.1) is 11.3 Å². The first-order chi connectivity index (χ1) is 5.70. The molecular weight excluding hydrogens is 188 g/mol. The van der Waals surface area contributed by atoms with Crippen molar-refractivity contribution < 1.29 is 0 Å². The lowest BCUT2D eigenvalue weighted by Crippen LogP contribution is -2.11. The molecule has 2 heterocycles. The van der Waals surface area contributed by atoms with E-state index in [1.54, 1.807) is 11.3 Å². The fraction of sp³-hybridized carbons (Fsp3) is 0.375. The molecule has 0 N–H and O–H groups in total. The average molecular weight is 198 g/mol. The van der Waals surface area contributed by atoms with Crippen LogP contribution in [0.2, 0.25) is 0 Å². The van der Waals surface area contributed by atoms with Gasteiger partial charge in [-0.1, -0.05) is 11.8 Å². The summed E-state index contributed by atoms with van der Waals surface area (Å²) in [5.41, 5.74) is 3.25. The number of rotatable bonds is 0. The minimum absolute atomic E-state index is 1.11. The highest BCUT2D eigenvalue weighted by Crippen LogP contribution is 2.47. The summed E-state index contributed by atoms with van der Waals surface area (Å²) in [7, 11) is 2.07. The van der Waals surface area contributed by atoms with Gasteiger partial charge in [-0.05, 0) is 19.4 Å². The maximum absolute atomic E-state index is 4.30. The number of nitrogens with zero attached hydrogens (tertiary/aromatic N) is 2. The predicted molar refractivity (Wildman–Crippen MR) is 54.7 cm³/mol. The third kappa shape index (κ3) is 1.06. The van der Waals surface area contributed by atoms with E-state index in [9.17, 15) is 0 Å². The van der Waals surface area contributed by atoms with Crippen LogP contribution in [0.3, 0.4) is 0 Å². The van der Waals surface area contributed by atoms with Gasteiger partial charge in [0.2, 0.25) is 0 Å². The molecule has 1 aromatic heterocycles. The molecule has 0 unspecified atom stereocenters. The molecule has 0 amide bonds. The topological polar surface area (TPSA) is 16.1 Å². The van der Waals surface area contributed by atoms with Crippen molar-refractivity contribution in [1.82, 2.24) is 4.98 Å². The summed E-state index contributed by atoms with van der Waals surface area (Å²) in [5, 5.41) is 1.32. The summed E-state index contributed by atoms with van der Waals surface area (Å²) in [6, 6.07) is 0. The Morgan fingerprint density at radius 2 is 2.25 bits per heavy atom. The Morgan fingerprint density at radius 3 is 2.83 bits per heavy atom. The van der Waals surface area contributed by atoms with Crippen molar-refractivity contribution in [3.8, 4) is 0 Å². The Labute approximate surface area is 80.3 Å². The number of hydrogen-bond donors (Lipinski definition) is 0. The fourth-order valence-electron chi connectivity index (χ4n) is 1.21. The molecule has 0 saturated carbocycles. The number of aromatic nitrogens is 1. The number of thioether (sulfide) groups is 1. The van der Waals surface area contributed by atoms with Crippen LogP contribution in [0.1, 0.15) is 13.8 Å². The molecule has 64 valence electrons. The molecule has 4 heteroatoms. The molecular formula is C8H10N2S2. The van der Waals surface area contributed by atoms with Crippen LogP contribution in [0.4, 0.5) is 5.82 Å². The van der Waals surface area contributed by atoms with E-state index >= 15 is 0 Å². The van der Waals surface area contributed by atoms with Gasteiger partial charge in [0.05, 0.1) is 10.5 Å². The maximum Gasteiger partial charge on any atom is 0.158 e. The summed E-state index contributed by atoms with van der Waals surface area (Å²) in [6.07, 6.45) is 0. The van der Waals surface area contributed by atoms with Gasteiger partial charge >= 0.3 is 0 Å². The van der Waals surface area contributed by atoms with E-state index in [4.69, 9.17) is 0 Å². The molecule has 2 rings (SSSR count). The van der Waals surface area contributed by atoms with Gasteiger partial charge < -0.3 is 4.90 Å². The molecule has 0 aliphatic carbocycles. The van der Waals surface area contributed by atoms with Crippen LogP contribution in [0, 0.1) is 0 Å². The molecule has 1 aliphatic rings. The third-order valence-corrected chi connectivity index (χ3v) is 4.15. The lowest BCUT2D eigenvalue weighted by atomic mass is 10.4. The molecule has 0 aromatic carbocycles. The van der Waals surface area contributed by atoms with Gasteiger partial charge in [0, 0.05) is 7.05 Å². The Hall–Kier alpha value is -0.480. The van der Waals surface area contributed by atoms with Crippen molar-refractivity contribution in [3.63, 3.8) is 0 Å². The number of hydrogen-bond acceptors (Lipinski definition) is 4. The lowest BCUT2D eigenvalue weighted by Gasteiger charge is -2.12. The molecule has 2 nitrogen and oxygen atoms in total. The smallest absolute Gasteiger partial charge is 0.158 e. The first-order valence-corrected chi connectivity index (χ1v) is 5.42. The van der Waals surface area contributed by atoms with Crippen molar-refractivity contribution in [3.05, 3.63) is 16.1 Å². The van der Waals surface area contributed by atoms with Gasteiger partial charge in [0.25, 0.3) is 0 Å². The summed E-state index contributed by atoms with van der Waals surface area (Å²) in [5.74, 6) is 1.11. The van der Waals surface area contributed by atoms with E-state index in [1.807, 2.05) is 17.3 Å². The second kappa shape index (κ2) is 2.78. The van der Waals surface area contributed by atoms with E-state index in [-0.39, 0.29) is 0 Å². The molecule has 12 heavy (non-hydrogen) atoms. The Kier molecular flexibility index (Phi) is 1.88. The van der Waals surface area contributed by atoms with Gasteiger partial charge in [0.15, 0.2) is 5.82 Å². The standard InChI is InChI=1S/C8H10N2S2/c1-5(2)7-10(3)6-8(12-7)11-4-9-6/h4H,1-3H3. The molecule has 0 atom stereocenters. The van der Waals surface area contributed by atoms with E-state index < -0.39 is 0 Å². The van der Waals surface area contributed by atoms with Crippen LogP contribution in [-0.2, 0) is 0 Å². The van der Waals surface area contributed by atoms with Gasteiger partial charge in [-0.25, -0.2) is 4.98 Å². The highest BCUT2D eigenvalue weighted by Gasteiger charge is 2.25. The second-order valence-corrected chi connectivity index (χ2v) is 5.04. The Balaban J connectivity index is 2.46. The van der Waals surface area contributed by atoms with Crippen LogP contribution < -0.4 is 4.90 Å². The SMILES string of the molecule is CC(C)=C1Sc2scnc2N1C. The second-order valence-electron chi connectivity index (χ2n) is 2.93. The molecule has 0 fully saturated rings. The van der Waals surface area contributed by atoms with Crippen LogP contribution in [0.5, 0.6) is 0 Å². The minimum Gasteiger partial charge on any atom is -0.322 e. The first kappa shape index (κ1) is 8.13. The first-order valence-electron chi connectivity index (χ1n) is 3.72. The summed E-state index contributed by atoms with van der Waals surface area (Å²) in [6.45, 7) is 4.27. The molecule has 0 bridgehead atoms. The van der Waals surface area contributed by atoms with Gasteiger partial charge in [-0.3, -0.25) is 0 Å². The molecule has 1 aliphatic heterocycles. The third-order valence-electron chi connectivity index (χ3n) is 1.76. The predicted octanol–water partition coefficient (Wildman–Crippen LogP) is 2.94. The Bertz CT molecular complexity index is 337. The summed E-state index contributed by atoms with van der Waals surface area (Å²) < 4.78 is 1.31. The molecule has 0 saturated heterocycles. The number of anilines is 1. The fourth-order valence-corrected chi connectivity index (χ4v) is 3.20. The van der Waals surface area contributed by atoms with Crippen LogP contribution in [-0.4, -0.2) is 12.0 Å². The largest absolute Gasteiger partial charge is 0.322 e. The number of thiazole rings is 1. The molecule has 0 radical (unpaired) electrons. The number of fused-ring (bicyclic) bond motifs is 1. The summed E-state index contributed by atoms with van der Waals surface area (Å²) >= 11 is 3.53. The zero-order valence-corrected chi connectivity index (χ0v) is 8.92. The van der Waals surface area contributed by atoms with E-state index in [1.165, 1.54) is 14.8 Å². The van der Waals surface area contributed by atoms with Gasteiger partial charge in [0.1, 0.15) is 4.21 Å². The molecule has 1 aromatic rings. The van der Waals surface area contributed by atoms with Crippen molar-refractivity contribution in [2.24, 2.45) is 0 Å². The van der Waals surface area contributed by atoms with Crippen LogP contribution >= 0.6 is 23.1 Å². The van der Waals surface area contributed by atoms with Crippen molar-refractivity contribution in [2.75, 3.05) is 11.9 Å². The van der Waals surface area contributed by atoms with Gasteiger partial charge in [-0.2, -0.15) is 0 Å². The van der Waals surface area contributed by atoms with Crippen molar-refractivity contribution in [2.45, 2.75) is 18.1 Å². The maximum atomic E-state index is 4.30. The van der Waals surface area contributed by atoms with Crippen LogP contribution in [0.15, 0.2) is 20.3 Å². The number of allylic oxidation sites excluding steroid dienone is 1. The quantitative estimate of drug-likeness (QED) is 0.637. The highest BCUT2D eigenvalue weighted by molar-refractivity contribution is 8.05. The summed E-state index contributed by atoms with van der Waals surface area (Å²) in [4.78, 5) is 6.46. The van der Waals surface area contributed by atoms with Crippen LogP contribution in [0.25, 0.3) is 0 Å². The molecule has 0 spiro atoms. The zero-order valence-electron chi connectivity index (χ0n) is 7.29. The zero-order chi connectivity index (χ0) is 8.72. The van der Waals surface area contributed by atoms with E-state index in [2.05, 4.69) is 30.8 Å². The highest BCUT2D eigenvalue weighted by atomic mass is 32.2. The van der Waals surface area contributed by atoms with E-state index in [0.29, 0.717) is 0 Å². The average Bonchev–Trinajstić information content (AvgIpc) is 2.53. The normalized spacial score (nSPS) is 15.2.